The standard InChI is InChI=1S/C24H14Cl4FN3O2/c25-14-7-13(8-15(26)9-14)20-21(24(20,27)28)23(34)32-18-4-1-12(11-30)19(10-18)22(33)31-17-5-2-16(29)3-6-17/h1-10,20-21H,(H,31,33)(H,32,34). The molecular weight excluding hydrogens is 523 g/mol. The summed E-state index contributed by atoms with van der Waals surface area (Å²) in [5.74, 6) is -2.85. The Balaban J connectivity index is 1.54. The molecular formula is C24H14Cl4FN3O2. The fourth-order valence-corrected chi connectivity index (χ4v) is 5.05. The van der Waals surface area contributed by atoms with Crippen molar-refractivity contribution in [2.45, 2.75) is 10.3 Å². The van der Waals surface area contributed by atoms with E-state index in [1.807, 2.05) is 6.07 Å². The van der Waals surface area contributed by atoms with Crippen LogP contribution >= 0.6 is 46.4 Å². The van der Waals surface area contributed by atoms with E-state index >= 15 is 0 Å². The van der Waals surface area contributed by atoms with E-state index in [0.717, 1.165) is 0 Å². The molecule has 3 aromatic carbocycles. The number of amides is 2. The quantitative estimate of drug-likeness (QED) is 0.352. The van der Waals surface area contributed by atoms with Crippen molar-refractivity contribution >= 4 is 69.6 Å². The predicted octanol–water partition coefficient (Wildman–Crippen LogP) is 6.78. The molecule has 1 fully saturated rings. The molecule has 0 aliphatic heterocycles. The third-order valence-electron chi connectivity index (χ3n) is 5.33. The zero-order valence-corrected chi connectivity index (χ0v) is 20.1. The molecule has 1 aliphatic carbocycles. The highest BCUT2D eigenvalue weighted by Gasteiger charge is 2.67. The fourth-order valence-electron chi connectivity index (χ4n) is 3.68. The van der Waals surface area contributed by atoms with Crippen molar-refractivity contribution in [1.82, 2.24) is 0 Å². The Morgan fingerprint density at radius 2 is 1.53 bits per heavy atom. The zero-order chi connectivity index (χ0) is 24.6. The maximum Gasteiger partial charge on any atom is 0.257 e. The van der Waals surface area contributed by atoms with Crippen LogP contribution in [0.1, 0.15) is 27.4 Å². The van der Waals surface area contributed by atoms with Crippen LogP contribution < -0.4 is 10.6 Å². The van der Waals surface area contributed by atoms with Gasteiger partial charge in [0.15, 0.2) is 0 Å². The van der Waals surface area contributed by atoms with Crippen LogP contribution in [0.25, 0.3) is 0 Å². The average molecular weight is 537 g/mol. The van der Waals surface area contributed by atoms with E-state index < -0.39 is 33.8 Å². The summed E-state index contributed by atoms with van der Waals surface area (Å²) in [5.41, 5.74) is 1.37. The summed E-state index contributed by atoms with van der Waals surface area (Å²) in [5, 5.41) is 15.5. The molecule has 0 radical (unpaired) electrons. The van der Waals surface area contributed by atoms with Crippen LogP contribution in [0.4, 0.5) is 15.8 Å². The Bertz CT molecular complexity index is 1320. The van der Waals surface area contributed by atoms with E-state index in [-0.39, 0.29) is 16.8 Å². The van der Waals surface area contributed by atoms with Crippen molar-refractivity contribution in [3.63, 3.8) is 0 Å². The molecule has 1 aliphatic rings. The van der Waals surface area contributed by atoms with Crippen LogP contribution in [0, 0.1) is 23.1 Å². The SMILES string of the molecule is N#Cc1ccc(NC(=O)C2C(c3cc(Cl)cc(Cl)c3)C2(Cl)Cl)cc1C(=O)Nc1ccc(F)cc1. The summed E-state index contributed by atoms with van der Waals surface area (Å²) in [4.78, 5) is 25.7. The first-order valence-corrected chi connectivity index (χ1v) is 11.4. The van der Waals surface area contributed by atoms with Gasteiger partial charge in [0.25, 0.3) is 5.91 Å². The van der Waals surface area contributed by atoms with Gasteiger partial charge in [-0.25, -0.2) is 4.39 Å². The average Bonchev–Trinajstić information content (AvgIpc) is 3.36. The molecule has 0 aromatic heterocycles. The summed E-state index contributed by atoms with van der Waals surface area (Å²) in [6.45, 7) is 0. The monoisotopic (exact) mass is 535 g/mol. The van der Waals surface area contributed by atoms with Gasteiger partial charge in [-0.15, -0.1) is 23.2 Å². The smallest absolute Gasteiger partial charge is 0.257 e. The van der Waals surface area contributed by atoms with E-state index in [1.54, 1.807) is 18.2 Å². The lowest BCUT2D eigenvalue weighted by Crippen LogP contribution is -2.18. The number of carbonyl (C=O) groups is 2. The molecule has 1 saturated carbocycles. The fraction of sp³-hybridized carbons (Fsp3) is 0.125. The molecule has 0 spiro atoms. The Kier molecular flexibility index (Phi) is 6.75. The Morgan fingerprint density at radius 1 is 0.912 bits per heavy atom. The van der Waals surface area contributed by atoms with Gasteiger partial charge in [-0.1, -0.05) is 23.2 Å². The molecule has 2 N–H and O–H groups in total. The molecule has 0 heterocycles. The number of rotatable bonds is 5. The van der Waals surface area contributed by atoms with Crippen LogP contribution in [0.3, 0.4) is 0 Å². The van der Waals surface area contributed by atoms with E-state index in [1.165, 1.54) is 42.5 Å². The summed E-state index contributed by atoms with van der Waals surface area (Å²) >= 11 is 24.9. The van der Waals surface area contributed by atoms with Gasteiger partial charge in [0.05, 0.1) is 23.1 Å². The predicted molar refractivity (Wildman–Crippen MR) is 131 cm³/mol. The van der Waals surface area contributed by atoms with Crippen LogP contribution in [0.5, 0.6) is 0 Å². The van der Waals surface area contributed by atoms with Crippen molar-refractivity contribution in [3.8, 4) is 6.07 Å². The van der Waals surface area contributed by atoms with Crippen LogP contribution in [0.15, 0.2) is 60.7 Å². The Labute approximate surface area is 214 Å². The van der Waals surface area contributed by atoms with Crippen LogP contribution in [0.2, 0.25) is 10.0 Å². The van der Waals surface area contributed by atoms with Gasteiger partial charge in [0.1, 0.15) is 10.2 Å². The molecule has 0 bridgehead atoms. The highest BCUT2D eigenvalue weighted by atomic mass is 35.5. The number of hydrogen-bond donors (Lipinski definition) is 2. The van der Waals surface area contributed by atoms with E-state index in [2.05, 4.69) is 10.6 Å². The lowest BCUT2D eigenvalue weighted by Gasteiger charge is -2.10. The highest BCUT2D eigenvalue weighted by Crippen LogP contribution is 2.65. The highest BCUT2D eigenvalue weighted by molar-refractivity contribution is 6.53. The van der Waals surface area contributed by atoms with Gasteiger partial charge >= 0.3 is 0 Å². The lowest BCUT2D eigenvalue weighted by molar-refractivity contribution is -0.117. The third-order valence-corrected chi connectivity index (χ3v) is 6.71. The Hall–Kier alpha value is -2.82. The van der Waals surface area contributed by atoms with E-state index in [4.69, 9.17) is 46.4 Å². The number of hydrogen-bond acceptors (Lipinski definition) is 3. The number of nitriles is 1. The molecule has 2 atom stereocenters. The molecule has 5 nitrogen and oxygen atoms in total. The maximum atomic E-state index is 13.1. The lowest BCUT2D eigenvalue weighted by atomic mass is 10.1. The minimum Gasteiger partial charge on any atom is -0.326 e. The second kappa shape index (κ2) is 9.44. The number of nitrogens with zero attached hydrogens (tertiary/aromatic N) is 1. The number of carbonyl (C=O) groups excluding carboxylic acids is 2. The van der Waals surface area contributed by atoms with Crippen molar-refractivity contribution in [3.05, 3.63) is 93.2 Å². The van der Waals surface area contributed by atoms with Crippen LogP contribution in [-0.4, -0.2) is 16.1 Å². The molecule has 0 saturated heterocycles. The second-order valence-corrected chi connectivity index (χ2v) is 9.97. The van der Waals surface area contributed by atoms with Crippen molar-refractivity contribution in [2.24, 2.45) is 5.92 Å². The molecule has 2 unspecified atom stereocenters. The topological polar surface area (TPSA) is 82.0 Å². The van der Waals surface area contributed by atoms with E-state index in [0.29, 0.717) is 21.3 Å². The minimum absolute atomic E-state index is 0.0293. The first-order valence-electron chi connectivity index (χ1n) is 9.86. The van der Waals surface area contributed by atoms with Gasteiger partial charge < -0.3 is 10.6 Å². The van der Waals surface area contributed by atoms with Crippen molar-refractivity contribution in [1.29, 1.82) is 5.26 Å². The number of anilines is 2. The van der Waals surface area contributed by atoms with Gasteiger partial charge in [0.2, 0.25) is 5.91 Å². The van der Waals surface area contributed by atoms with Gasteiger partial charge in [-0.2, -0.15) is 5.26 Å². The summed E-state index contributed by atoms with van der Waals surface area (Å²) < 4.78 is 11.7. The van der Waals surface area contributed by atoms with Crippen LogP contribution in [-0.2, 0) is 4.79 Å². The summed E-state index contributed by atoms with van der Waals surface area (Å²) in [7, 11) is 0. The first kappa shape index (κ1) is 24.3. The first-order chi connectivity index (χ1) is 16.1. The maximum absolute atomic E-state index is 13.1. The molecule has 10 heteroatoms. The summed E-state index contributed by atoms with van der Waals surface area (Å²) in [6.07, 6.45) is 0. The molecule has 34 heavy (non-hydrogen) atoms. The minimum atomic E-state index is -1.37. The molecule has 3 aromatic rings. The van der Waals surface area contributed by atoms with Crippen molar-refractivity contribution in [2.75, 3.05) is 10.6 Å². The van der Waals surface area contributed by atoms with Crippen molar-refractivity contribution < 1.29 is 14.0 Å². The Morgan fingerprint density at radius 3 is 2.15 bits per heavy atom. The van der Waals surface area contributed by atoms with Gasteiger partial charge in [-0.05, 0) is 66.2 Å². The number of benzene rings is 3. The van der Waals surface area contributed by atoms with Gasteiger partial charge in [0, 0.05) is 27.3 Å². The third kappa shape index (κ3) is 4.98. The molecule has 4 rings (SSSR count). The van der Waals surface area contributed by atoms with E-state index in [9.17, 15) is 19.2 Å². The summed E-state index contributed by atoms with van der Waals surface area (Å²) in [6, 6.07) is 16.2. The zero-order valence-electron chi connectivity index (χ0n) is 17.1. The number of nitrogens with one attached hydrogen (secondary N) is 2. The van der Waals surface area contributed by atoms with Gasteiger partial charge in [-0.3, -0.25) is 9.59 Å². The molecule has 172 valence electrons. The second-order valence-electron chi connectivity index (χ2n) is 7.66. The molecule has 2 amide bonds. The number of alkyl halides is 2. The number of halogens is 5. The largest absolute Gasteiger partial charge is 0.326 e. The normalized spacial score (nSPS) is 18.0.